The zero-order valence-electron chi connectivity index (χ0n) is 9.69. The summed E-state index contributed by atoms with van der Waals surface area (Å²) in [6.07, 6.45) is 5.00. The van der Waals surface area contributed by atoms with Crippen molar-refractivity contribution in [2.45, 2.75) is 11.7 Å². The highest BCUT2D eigenvalue weighted by molar-refractivity contribution is 5.89. The zero-order valence-corrected chi connectivity index (χ0v) is 9.69. The van der Waals surface area contributed by atoms with Gasteiger partial charge in [0, 0.05) is 0 Å². The molecule has 0 radical (unpaired) electrons. The van der Waals surface area contributed by atoms with Gasteiger partial charge < -0.3 is 14.9 Å². The first kappa shape index (κ1) is 12.5. The molecule has 2 N–H and O–H groups in total. The van der Waals surface area contributed by atoms with Gasteiger partial charge in [0.05, 0.1) is 5.56 Å². The third-order valence-corrected chi connectivity index (χ3v) is 2.75. The Bertz CT molecular complexity index is 478. The van der Waals surface area contributed by atoms with Crippen molar-refractivity contribution >= 4 is 5.97 Å². The van der Waals surface area contributed by atoms with E-state index in [2.05, 4.69) is 0 Å². The van der Waals surface area contributed by atoms with Crippen LogP contribution < -0.4 is 0 Å². The molecule has 0 aromatic heterocycles. The average molecular weight is 246 g/mol. The quantitative estimate of drug-likeness (QED) is 0.783. The van der Waals surface area contributed by atoms with Gasteiger partial charge in [0.2, 0.25) is 0 Å². The first-order valence-corrected chi connectivity index (χ1v) is 5.60. The lowest BCUT2D eigenvalue weighted by molar-refractivity contribution is -0.0600. The Morgan fingerprint density at radius 1 is 1.28 bits per heavy atom. The summed E-state index contributed by atoms with van der Waals surface area (Å²) in [6.45, 7) is -0.289. The number of ether oxygens (including phenoxy) is 1. The van der Waals surface area contributed by atoms with Gasteiger partial charge in [-0.25, -0.2) is 4.79 Å². The lowest BCUT2D eigenvalue weighted by Gasteiger charge is -2.29. The van der Waals surface area contributed by atoms with E-state index in [1.807, 2.05) is 0 Å². The third kappa shape index (κ3) is 2.67. The first-order valence-electron chi connectivity index (χ1n) is 5.60. The maximum Gasteiger partial charge on any atom is 0.338 e. The number of carbonyl (C=O) groups excluding carboxylic acids is 1. The van der Waals surface area contributed by atoms with Crippen LogP contribution >= 0.6 is 0 Å². The van der Waals surface area contributed by atoms with E-state index in [0.29, 0.717) is 5.56 Å². The normalized spacial score (nSPS) is 26.0. The summed E-state index contributed by atoms with van der Waals surface area (Å²) < 4.78 is 5.01. The topological polar surface area (TPSA) is 66.8 Å². The van der Waals surface area contributed by atoms with Crippen molar-refractivity contribution < 1.29 is 19.7 Å². The SMILES string of the molecule is O=C(OC[C@]1(O)C=CC=C[C@H]1O)c1ccccc1. The van der Waals surface area contributed by atoms with Crippen molar-refractivity contribution in [2.75, 3.05) is 6.61 Å². The highest BCUT2D eigenvalue weighted by Gasteiger charge is 2.34. The number of benzene rings is 1. The summed E-state index contributed by atoms with van der Waals surface area (Å²) in [5.41, 5.74) is -1.15. The van der Waals surface area contributed by atoms with Gasteiger partial charge >= 0.3 is 5.97 Å². The molecule has 94 valence electrons. The fraction of sp³-hybridized carbons (Fsp3) is 0.214. The molecule has 1 aromatic rings. The van der Waals surface area contributed by atoms with Crippen LogP contribution in [-0.4, -0.2) is 34.5 Å². The van der Waals surface area contributed by atoms with Gasteiger partial charge in [0.1, 0.15) is 18.3 Å². The van der Waals surface area contributed by atoms with Crippen LogP contribution in [0.5, 0.6) is 0 Å². The molecule has 0 saturated heterocycles. The van der Waals surface area contributed by atoms with Gasteiger partial charge in [-0.3, -0.25) is 0 Å². The molecule has 0 fully saturated rings. The van der Waals surface area contributed by atoms with E-state index in [0.717, 1.165) is 0 Å². The summed E-state index contributed by atoms with van der Waals surface area (Å²) in [5, 5.41) is 19.7. The van der Waals surface area contributed by atoms with E-state index in [4.69, 9.17) is 4.74 Å². The van der Waals surface area contributed by atoms with Crippen molar-refractivity contribution in [1.82, 2.24) is 0 Å². The monoisotopic (exact) mass is 246 g/mol. The maximum atomic E-state index is 11.7. The Balaban J connectivity index is 1.98. The van der Waals surface area contributed by atoms with E-state index in [1.165, 1.54) is 12.2 Å². The minimum Gasteiger partial charge on any atom is -0.459 e. The van der Waals surface area contributed by atoms with Crippen molar-refractivity contribution in [3.63, 3.8) is 0 Å². The number of hydrogen-bond donors (Lipinski definition) is 2. The molecule has 4 heteroatoms. The summed E-state index contributed by atoms with van der Waals surface area (Å²) >= 11 is 0. The molecular formula is C14H14O4. The summed E-state index contributed by atoms with van der Waals surface area (Å²) in [5.74, 6) is -0.529. The van der Waals surface area contributed by atoms with Crippen molar-refractivity contribution in [1.29, 1.82) is 0 Å². The molecule has 4 nitrogen and oxygen atoms in total. The van der Waals surface area contributed by atoms with Gasteiger partial charge in [-0.1, -0.05) is 36.4 Å². The van der Waals surface area contributed by atoms with Crippen LogP contribution in [0.4, 0.5) is 0 Å². The van der Waals surface area contributed by atoms with E-state index in [9.17, 15) is 15.0 Å². The molecule has 2 rings (SSSR count). The third-order valence-electron chi connectivity index (χ3n) is 2.75. The molecular weight excluding hydrogens is 232 g/mol. The van der Waals surface area contributed by atoms with Crippen molar-refractivity contribution in [2.24, 2.45) is 0 Å². The first-order chi connectivity index (χ1) is 8.62. The lowest BCUT2D eigenvalue weighted by atomic mass is 9.93. The molecule has 0 heterocycles. The number of carbonyl (C=O) groups is 1. The standard InChI is InChI=1S/C14H14O4/c15-12-8-4-5-9-14(12,17)10-18-13(16)11-6-2-1-3-7-11/h1-9,12,15,17H,10H2/t12-,14-/m1/s1. The van der Waals surface area contributed by atoms with Gasteiger partial charge in [-0.15, -0.1) is 0 Å². The van der Waals surface area contributed by atoms with Gasteiger partial charge in [-0.2, -0.15) is 0 Å². The minimum atomic E-state index is -1.56. The molecule has 0 unspecified atom stereocenters. The van der Waals surface area contributed by atoms with E-state index in [1.54, 1.807) is 42.5 Å². The van der Waals surface area contributed by atoms with Crippen LogP contribution in [0, 0.1) is 0 Å². The molecule has 1 aromatic carbocycles. The fourth-order valence-electron chi connectivity index (χ4n) is 1.63. The summed E-state index contributed by atoms with van der Waals surface area (Å²) in [4.78, 5) is 11.7. The van der Waals surface area contributed by atoms with E-state index in [-0.39, 0.29) is 6.61 Å². The van der Waals surface area contributed by atoms with Gasteiger partial charge in [0.15, 0.2) is 0 Å². The second kappa shape index (κ2) is 5.16. The summed E-state index contributed by atoms with van der Waals surface area (Å²) in [6, 6.07) is 8.49. The lowest BCUT2D eigenvalue weighted by Crippen LogP contribution is -2.45. The smallest absolute Gasteiger partial charge is 0.338 e. The van der Waals surface area contributed by atoms with Crippen LogP contribution in [0.15, 0.2) is 54.6 Å². The number of esters is 1. The molecule has 1 aliphatic carbocycles. The molecule has 0 bridgehead atoms. The predicted octanol–water partition coefficient (Wildman–Crippen LogP) is 1.06. The highest BCUT2D eigenvalue weighted by atomic mass is 16.5. The molecule has 0 saturated carbocycles. The number of hydrogen-bond acceptors (Lipinski definition) is 4. The largest absolute Gasteiger partial charge is 0.459 e. The highest BCUT2D eigenvalue weighted by Crippen LogP contribution is 2.19. The predicted molar refractivity (Wildman–Crippen MR) is 66.0 cm³/mol. The van der Waals surface area contributed by atoms with E-state index < -0.39 is 17.7 Å². The average Bonchev–Trinajstić information content (AvgIpc) is 2.41. The molecule has 0 amide bonds. The molecule has 0 spiro atoms. The zero-order chi connectivity index (χ0) is 13.0. The molecule has 1 aliphatic rings. The molecule has 18 heavy (non-hydrogen) atoms. The number of aliphatic hydroxyl groups excluding tert-OH is 1. The molecule has 2 atom stereocenters. The van der Waals surface area contributed by atoms with Crippen LogP contribution in [0.2, 0.25) is 0 Å². The Morgan fingerprint density at radius 2 is 2.00 bits per heavy atom. The number of aliphatic hydroxyl groups is 2. The van der Waals surface area contributed by atoms with Crippen LogP contribution in [-0.2, 0) is 4.74 Å². The Hall–Kier alpha value is -1.91. The Morgan fingerprint density at radius 3 is 2.67 bits per heavy atom. The number of rotatable bonds is 3. The van der Waals surface area contributed by atoms with Gasteiger partial charge in [0.25, 0.3) is 0 Å². The van der Waals surface area contributed by atoms with E-state index >= 15 is 0 Å². The van der Waals surface area contributed by atoms with Crippen LogP contribution in [0.25, 0.3) is 0 Å². The van der Waals surface area contributed by atoms with Crippen molar-refractivity contribution in [3.05, 3.63) is 60.2 Å². The molecule has 0 aliphatic heterocycles. The maximum absolute atomic E-state index is 11.7. The Labute approximate surface area is 105 Å². The fourth-order valence-corrected chi connectivity index (χ4v) is 1.63. The van der Waals surface area contributed by atoms with Crippen molar-refractivity contribution in [3.8, 4) is 0 Å². The summed E-state index contributed by atoms with van der Waals surface area (Å²) in [7, 11) is 0. The number of allylic oxidation sites excluding steroid dienone is 2. The second-order valence-corrected chi connectivity index (χ2v) is 4.12. The van der Waals surface area contributed by atoms with Crippen LogP contribution in [0.3, 0.4) is 0 Å². The van der Waals surface area contributed by atoms with Gasteiger partial charge in [-0.05, 0) is 18.2 Å². The van der Waals surface area contributed by atoms with Crippen LogP contribution in [0.1, 0.15) is 10.4 Å². The Kier molecular flexibility index (Phi) is 3.60. The second-order valence-electron chi connectivity index (χ2n) is 4.12. The minimum absolute atomic E-state index is 0.289.